The molecule has 0 atom stereocenters. The topological polar surface area (TPSA) is 43.1 Å². The van der Waals surface area contributed by atoms with Crippen LogP contribution in [0.4, 0.5) is 8.78 Å². The molecule has 0 bridgehead atoms. The lowest BCUT2D eigenvalue weighted by Gasteiger charge is -1.88. The first-order valence-electron chi connectivity index (χ1n) is 1.69. The van der Waals surface area contributed by atoms with Crippen LogP contribution in [0.25, 0.3) is 0 Å². The molecule has 0 heterocycles. The molecule has 0 saturated heterocycles. The van der Waals surface area contributed by atoms with Crippen LogP contribution in [-0.2, 0) is 4.79 Å². The number of hydrogen-bond acceptors (Lipinski definition) is 2. The Morgan fingerprint density at radius 3 is 2.00 bits per heavy atom. The first-order valence-corrected chi connectivity index (χ1v) is 1.69. The van der Waals surface area contributed by atoms with E-state index in [9.17, 15) is 13.6 Å². The van der Waals surface area contributed by atoms with Crippen LogP contribution in [0.3, 0.4) is 0 Å². The molecule has 0 saturated carbocycles. The van der Waals surface area contributed by atoms with Crippen molar-refractivity contribution in [2.75, 3.05) is 6.54 Å². The second-order valence-corrected chi connectivity index (χ2v) is 0.971. The standard InChI is InChI=1S/C3H5F2NO.ClH/c4-3(5)2(7)1-6;/h3H,1,6H2;1H. The fourth-order valence-corrected chi connectivity index (χ4v) is 0.0891. The van der Waals surface area contributed by atoms with Crippen LogP contribution in [0.1, 0.15) is 0 Å². The monoisotopic (exact) mass is 145 g/mol. The minimum absolute atomic E-state index is 0. The van der Waals surface area contributed by atoms with E-state index in [1.165, 1.54) is 0 Å². The van der Waals surface area contributed by atoms with E-state index in [1.54, 1.807) is 0 Å². The van der Waals surface area contributed by atoms with Gasteiger partial charge < -0.3 is 5.73 Å². The normalized spacial score (nSPS) is 8.50. The van der Waals surface area contributed by atoms with Gasteiger partial charge in [-0.25, -0.2) is 8.78 Å². The molecule has 0 aliphatic heterocycles. The third kappa shape index (κ3) is 3.95. The second-order valence-electron chi connectivity index (χ2n) is 0.971. The third-order valence-electron chi connectivity index (χ3n) is 0.445. The molecule has 2 nitrogen and oxygen atoms in total. The van der Waals surface area contributed by atoms with Crippen LogP contribution in [0.5, 0.6) is 0 Å². The first-order chi connectivity index (χ1) is 3.18. The Labute approximate surface area is 51.5 Å². The summed E-state index contributed by atoms with van der Waals surface area (Å²) in [6.07, 6.45) is -2.90. The molecule has 0 aliphatic rings. The van der Waals surface area contributed by atoms with Crippen molar-refractivity contribution < 1.29 is 13.6 Å². The van der Waals surface area contributed by atoms with Gasteiger partial charge >= 0.3 is 0 Å². The summed E-state index contributed by atoms with van der Waals surface area (Å²) in [5.74, 6) is -1.21. The van der Waals surface area contributed by atoms with Crippen molar-refractivity contribution in [3.63, 3.8) is 0 Å². The average Bonchev–Trinajstić information content (AvgIpc) is 1.65. The molecular weight excluding hydrogens is 139 g/mol. The van der Waals surface area contributed by atoms with Gasteiger partial charge in [0.2, 0.25) is 5.78 Å². The van der Waals surface area contributed by atoms with Crippen molar-refractivity contribution in [2.24, 2.45) is 5.73 Å². The van der Waals surface area contributed by atoms with Gasteiger partial charge in [0, 0.05) is 0 Å². The van der Waals surface area contributed by atoms with Gasteiger partial charge in [0.15, 0.2) is 0 Å². The van der Waals surface area contributed by atoms with Crippen LogP contribution in [-0.4, -0.2) is 18.8 Å². The van der Waals surface area contributed by atoms with E-state index in [1.807, 2.05) is 0 Å². The lowest BCUT2D eigenvalue weighted by Crippen LogP contribution is -2.20. The Morgan fingerprint density at radius 1 is 1.62 bits per heavy atom. The van der Waals surface area contributed by atoms with Crippen molar-refractivity contribution in [1.29, 1.82) is 0 Å². The molecule has 8 heavy (non-hydrogen) atoms. The summed E-state index contributed by atoms with van der Waals surface area (Å²) in [6.45, 7) is -0.572. The van der Waals surface area contributed by atoms with Gasteiger partial charge in [-0.2, -0.15) is 0 Å². The highest BCUT2D eigenvalue weighted by molar-refractivity contribution is 5.85. The fraction of sp³-hybridized carbons (Fsp3) is 0.667. The Hall–Kier alpha value is -0.220. The number of carbonyl (C=O) groups is 1. The summed E-state index contributed by atoms with van der Waals surface area (Å²) in [5, 5.41) is 0. The average molecular weight is 146 g/mol. The maximum absolute atomic E-state index is 11.0. The highest BCUT2D eigenvalue weighted by Gasteiger charge is 2.10. The molecule has 0 aromatic rings. The molecule has 0 fully saturated rings. The van der Waals surface area contributed by atoms with E-state index in [0.29, 0.717) is 0 Å². The highest BCUT2D eigenvalue weighted by atomic mass is 35.5. The number of hydrogen-bond donors (Lipinski definition) is 1. The van der Waals surface area contributed by atoms with Crippen molar-refractivity contribution in [3.8, 4) is 0 Å². The van der Waals surface area contributed by atoms with Gasteiger partial charge in [0.25, 0.3) is 6.43 Å². The van der Waals surface area contributed by atoms with Gasteiger partial charge in [-0.3, -0.25) is 4.79 Å². The molecule has 0 aliphatic carbocycles. The van der Waals surface area contributed by atoms with E-state index in [2.05, 4.69) is 5.73 Å². The van der Waals surface area contributed by atoms with Crippen molar-refractivity contribution in [1.82, 2.24) is 0 Å². The van der Waals surface area contributed by atoms with Crippen LogP contribution in [0.15, 0.2) is 0 Å². The Morgan fingerprint density at radius 2 is 2.00 bits per heavy atom. The van der Waals surface area contributed by atoms with Gasteiger partial charge in [-0.1, -0.05) is 0 Å². The minimum Gasteiger partial charge on any atom is -0.324 e. The van der Waals surface area contributed by atoms with Gasteiger partial charge in [0.05, 0.1) is 6.54 Å². The van der Waals surface area contributed by atoms with Crippen LogP contribution in [0, 0.1) is 0 Å². The Bertz CT molecular complexity index is 77.7. The fourth-order valence-electron chi connectivity index (χ4n) is 0.0891. The summed E-state index contributed by atoms with van der Waals surface area (Å²) < 4.78 is 22.0. The zero-order valence-corrected chi connectivity index (χ0v) is 4.75. The number of carbonyl (C=O) groups excluding carboxylic acids is 1. The second kappa shape index (κ2) is 4.93. The van der Waals surface area contributed by atoms with E-state index in [4.69, 9.17) is 0 Å². The maximum atomic E-state index is 11.0. The predicted molar refractivity (Wildman–Crippen MR) is 27.3 cm³/mol. The summed E-state index contributed by atoms with van der Waals surface area (Å²) in [4.78, 5) is 9.64. The quantitative estimate of drug-likeness (QED) is 0.603. The summed E-state index contributed by atoms with van der Waals surface area (Å²) in [7, 11) is 0. The summed E-state index contributed by atoms with van der Waals surface area (Å²) in [5.41, 5.74) is 4.54. The van der Waals surface area contributed by atoms with E-state index in [-0.39, 0.29) is 12.4 Å². The SMILES string of the molecule is Cl.NCC(=O)C(F)F. The van der Waals surface area contributed by atoms with Crippen molar-refractivity contribution in [2.45, 2.75) is 6.43 Å². The number of ketones is 1. The summed E-state index contributed by atoms with van der Waals surface area (Å²) in [6, 6.07) is 0. The third-order valence-corrected chi connectivity index (χ3v) is 0.445. The Kier molecular flexibility index (Phi) is 6.59. The minimum atomic E-state index is -2.90. The lowest BCUT2D eigenvalue weighted by molar-refractivity contribution is -0.127. The van der Waals surface area contributed by atoms with Crippen LogP contribution >= 0.6 is 12.4 Å². The number of nitrogens with two attached hydrogens (primary N) is 1. The molecule has 50 valence electrons. The van der Waals surface area contributed by atoms with E-state index >= 15 is 0 Å². The van der Waals surface area contributed by atoms with Gasteiger partial charge in [-0.05, 0) is 0 Å². The lowest BCUT2D eigenvalue weighted by atomic mass is 10.4. The Balaban J connectivity index is 0. The first kappa shape index (κ1) is 10.7. The number of rotatable bonds is 2. The van der Waals surface area contributed by atoms with Crippen molar-refractivity contribution >= 4 is 18.2 Å². The van der Waals surface area contributed by atoms with Crippen LogP contribution in [0.2, 0.25) is 0 Å². The molecule has 0 amide bonds. The maximum Gasteiger partial charge on any atom is 0.297 e. The molecule has 5 heteroatoms. The molecular formula is C3H6ClF2NO. The zero-order chi connectivity index (χ0) is 5.86. The molecule has 0 aromatic carbocycles. The number of halogens is 3. The van der Waals surface area contributed by atoms with Crippen molar-refractivity contribution in [3.05, 3.63) is 0 Å². The predicted octanol–water partition coefficient (Wildman–Crippen LogP) is 0.201. The van der Waals surface area contributed by atoms with Crippen LogP contribution < -0.4 is 5.73 Å². The summed E-state index contributed by atoms with van der Waals surface area (Å²) >= 11 is 0. The number of Topliss-reactive ketones (excluding diaryl/α,β-unsaturated/α-hetero) is 1. The highest BCUT2D eigenvalue weighted by Crippen LogP contribution is 1.89. The molecule has 0 rings (SSSR count). The van der Waals surface area contributed by atoms with E-state index < -0.39 is 18.8 Å². The van der Waals surface area contributed by atoms with Gasteiger partial charge in [0.1, 0.15) is 0 Å². The van der Waals surface area contributed by atoms with E-state index in [0.717, 1.165) is 0 Å². The molecule has 0 aromatic heterocycles. The zero-order valence-electron chi connectivity index (χ0n) is 3.93. The molecule has 0 spiro atoms. The molecule has 0 radical (unpaired) electrons. The smallest absolute Gasteiger partial charge is 0.297 e. The van der Waals surface area contributed by atoms with Gasteiger partial charge in [-0.15, -0.1) is 12.4 Å². The largest absolute Gasteiger partial charge is 0.324 e. The molecule has 2 N–H and O–H groups in total. The number of alkyl halides is 2. The molecule has 0 unspecified atom stereocenters.